The van der Waals surface area contributed by atoms with Gasteiger partial charge in [-0.2, -0.15) is 23.8 Å². The minimum atomic E-state index is -4.93. The maximum absolute atomic E-state index is 14.1. The van der Waals surface area contributed by atoms with E-state index in [4.69, 9.17) is 26.7 Å². The summed E-state index contributed by atoms with van der Waals surface area (Å²) in [5.74, 6) is -0.290. The van der Waals surface area contributed by atoms with Gasteiger partial charge in [-0.25, -0.2) is 0 Å². The van der Waals surface area contributed by atoms with Crippen molar-refractivity contribution in [2.75, 3.05) is 42.1 Å². The van der Waals surface area contributed by atoms with Crippen LogP contribution in [0, 0.1) is 13.8 Å². The van der Waals surface area contributed by atoms with Gasteiger partial charge in [0.25, 0.3) is 10.1 Å². The van der Waals surface area contributed by atoms with Crippen molar-refractivity contribution in [2.45, 2.75) is 71.4 Å². The molecule has 0 atom stereocenters. The Hall–Kier alpha value is -8.27. The standard InChI is InChI=1S/C58H61N13O6S.Na/c1-7-9-36-11-15-38(16-12-36)32-62-40-19-22-45(43(59)27-40)64-67-48-29-53(76-5)50(25-34(48)3)69-66-47-24-21-42-55(78(73,74)75)31-52(57(61)56(42)58(47)72)71-70-51-26-35(4)49(30-54(51)77-6)68-65-46-23-20-41(28-44(46)60)63-33-39-17-13-37(10-8-2)14-18-39;/h11-31,62-63,72H,7-10,32-33,59-61H2,1-6H3,(H,73,74,75);/q;+1/p-1. The third kappa shape index (κ3) is 14.5. The van der Waals surface area contributed by atoms with E-state index in [9.17, 15) is 18.1 Å². The molecule has 19 nitrogen and oxygen atoms in total. The smallest absolute Gasteiger partial charge is 0.870 e. The average Bonchev–Trinajstić information content (AvgIpc) is 3.49. The number of ether oxygens (including phenoxy) is 2. The second kappa shape index (κ2) is 26.4. The summed E-state index contributed by atoms with van der Waals surface area (Å²) in [5.41, 5.74) is 29.7. The molecule has 0 aliphatic carbocycles. The van der Waals surface area contributed by atoms with Crippen molar-refractivity contribution < 1.29 is 57.1 Å². The van der Waals surface area contributed by atoms with E-state index in [0.717, 1.165) is 54.3 Å². The predicted molar refractivity (Wildman–Crippen MR) is 307 cm³/mol. The number of aryl methyl sites for hydroxylation is 4. The van der Waals surface area contributed by atoms with Crippen LogP contribution in [0.1, 0.15) is 60.1 Å². The summed E-state index contributed by atoms with van der Waals surface area (Å²) in [7, 11) is -2.06. The first-order valence-electron chi connectivity index (χ1n) is 25.1. The van der Waals surface area contributed by atoms with Crippen LogP contribution in [0.2, 0.25) is 0 Å². The summed E-state index contributed by atoms with van der Waals surface area (Å²) >= 11 is 0. The molecule has 8 aromatic carbocycles. The molecular formula is C58H60N13NaO6S. The number of fused-ring (bicyclic) bond motifs is 1. The number of nitrogens with one attached hydrogen (secondary N) is 2. The van der Waals surface area contributed by atoms with Gasteiger partial charge in [0.2, 0.25) is 0 Å². The molecule has 79 heavy (non-hydrogen) atoms. The molecule has 21 heteroatoms. The van der Waals surface area contributed by atoms with Gasteiger partial charge in [0.1, 0.15) is 44.8 Å². The largest absolute Gasteiger partial charge is 1.00 e. The number of methoxy groups -OCH3 is 2. The molecule has 0 fully saturated rings. The Kier molecular flexibility index (Phi) is 19.5. The molecule has 0 aliphatic heterocycles. The molecule has 0 spiro atoms. The summed E-state index contributed by atoms with van der Waals surface area (Å²) < 4.78 is 47.1. The van der Waals surface area contributed by atoms with Crippen LogP contribution in [0.5, 0.6) is 17.2 Å². The maximum atomic E-state index is 14.1. The van der Waals surface area contributed by atoms with Gasteiger partial charge in [0.05, 0.1) is 48.3 Å². The first-order chi connectivity index (χ1) is 37.5. The second-order valence-electron chi connectivity index (χ2n) is 18.4. The molecular weight excluding hydrogens is 1030 g/mol. The number of rotatable bonds is 21. The minimum Gasteiger partial charge on any atom is -0.870 e. The second-order valence-corrected chi connectivity index (χ2v) is 19.8. The first kappa shape index (κ1) is 58.4. The fraction of sp³-hybridized carbons (Fsp3) is 0.207. The van der Waals surface area contributed by atoms with Crippen LogP contribution in [0.15, 0.2) is 173 Å². The number of benzene rings is 8. The molecule has 9 N–H and O–H groups in total. The van der Waals surface area contributed by atoms with Gasteiger partial charge in [-0.15, -0.1) is 25.6 Å². The first-order valence-corrected chi connectivity index (χ1v) is 26.5. The monoisotopic (exact) mass is 1090 g/mol. The van der Waals surface area contributed by atoms with E-state index in [2.05, 4.69) is 114 Å². The molecule has 0 aromatic heterocycles. The molecule has 0 saturated carbocycles. The molecule has 8 aromatic rings. The van der Waals surface area contributed by atoms with Crippen molar-refractivity contribution in [3.05, 3.63) is 161 Å². The van der Waals surface area contributed by atoms with Crippen molar-refractivity contribution in [1.29, 1.82) is 0 Å². The Morgan fingerprint density at radius 3 is 1.32 bits per heavy atom. The molecule has 8 rings (SSSR count). The normalized spacial score (nSPS) is 11.8. The van der Waals surface area contributed by atoms with Gasteiger partial charge in [-0.05, 0) is 121 Å². The molecule has 0 radical (unpaired) electrons. The van der Waals surface area contributed by atoms with E-state index in [1.807, 2.05) is 12.1 Å². The number of hydrogen-bond acceptors (Lipinski definition) is 18. The third-order valence-electron chi connectivity index (χ3n) is 12.7. The van der Waals surface area contributed by atoms with E-state index in [1.165, 1.54) is 37.5 Å². The average molecular weight is 1090 g/mol. The molecule has 0 bridgehead atoms. The fourth-order valence-electron chi connectivity index (χ4n) is 8.43. The fourth-order valence-corrected chi connectivity index (χ4v) is 9.13. The molecule has 400 valence electrons. The van der Waals surface area contributed by atoms with E-state index in [0.29, 0.717) is 58.3 Å². The van der Waals surface area contributed by atoms with Gasteiger partial charge >= 0.3 is 29.6 Å². The number of nitrogen functional groups attached to an aromatic ring is 3. The summed E-state index contributed by atoms with van der Waals surface area (Å²) in [6.45, 7) is 9.16. The Bertz CT molecular complexity index is 3740. The van der Waals surface area contributed by atoms with Gasteiger partial charge in [0.15, 0.2) is 0 Å². The topological polar surface area (TPSA) is 297 Å². The van der Waals surface area contributed by atoms with Crippen LogP contribution >= 0.6 is 0 Å². The molecule has 0 saturated heterocycles. The van der Waals surface area contributed by atoms with Crippen molar-refractivity contribution >= 4 is 94.8 Å². The zero-order valence-corrected chi connectivity index (χ0v) is 47.9. The maximum Gasteiger partial charge on any atom is 1.00 e. The zero-order valence-electron chi connectivity index (χ0n) is 45.1. The third-order valence-corrected chi connectivity index (χ3v) is 13.6. The Balaban J connectivity index is 0.00000903. The van der Waals surface area contributed by atoms with Gasteiger partial charge in [0, 0.05) is 47.4 Å². The van der Waals surface area contributed by atoms with Crippen LogP contribution in [-0.4, -0.2) is 27.2 Å². The van der Waals surface area contributed by atoms with E-state index in [1.54, 1.807) is 62.4 Å². The van der Waals surface area contributed by atoms with Gasteiger partial charge in [-0.1, -0.05) is 87.0 Å². The number of azo groups is 4. The van der Waals surface area contributed by atoms with Crippen molar-refractivity contribution in [1.82, 2.24) is 0 Å². The SMILES string of the molecule is CCCc1ccc(CNc2ccc(N=Nc3cc(OC)c(N=Nc4cc(S(=O)(=O)O)c5ccc(N=Nc6cc(C)c(N=Nc7ccc(NCc8ccc(CCC)cc8)cc7N)cc6OC)c([O-])c5c4N)cc3C)c(N)c2)cc1.[Na+]. The Morgan fingerprint density at radius 2 is 0.899 bits per heavy atom. The number of anilines is 5. The molecule has 0 aliphatic rings. The van der Waals surface area contributed by atoms with Gasteiger partial charge in [-0.3, -0.25) is 4.55 Å². The van der Waals surface area contributed by atoms with E-state index < -0.39 is 20.8 Å². The summed E-state index contributed by atoms with van der Waals surface area (Å²) in [6.07, 6.45) is 4.30. The summed E-state index contributed by atoms with van der Waals surface area (Å²) in [4.78, 5) is -0.624. The summed E-state index contributed by atoms with van der Waals surface area (Å²) in [6, 6.07) is 38.1. The van der Waals surface area contributed by atoms with E-state index >= 15 is 0 Å². The molecule has 0 heterocycles. The van der Waals surface area contributed by atoms with E-state index in [-0.39, 0.29) is 80.3 Å². The predicted octanol–water partition coefficient (Wildman–Crippen LogP) is 12.3. The number of nitrogens with two attached hydrogens (primary N) is 3. The van der Waals surface area contributed by atoms with Crippen LogP contribution in [-0.2, 0) is 36.0 Å². The van der Waals surface area contributed by atoms with Crippen molar-refractivity contribution in [2.24, 2.45) is 40.9 Å². The van der Waals surface area contributed by atoms with Crippen LogP contribution in [0.4, 0.5) is 73.9 Å². The van der Waals surface area contributed by atoms with Crippen LogP contribution in [0.3, 0.4) is 0 Å². The zero-order chi connectivity index (χ0) is 55.5. The van der Waals surface area contributed by atoms with Crippen molar-refractivity contribution in [3.63, 3.8) is 0 Å². The number of nitrogens with zero attached hydrogens (tertiary/aromatic N) is 8. The molecule has 0 unspecified atom stereocenters. The quantitative estimate of drug-likeness (QED) is 0.0170. The summed E-state index contributed by atoms with van der Waals surface area (Å²) in [5, 5.41) is 55.3. The molecule has 0 amide bonds. The number of hydrogen-bond donors (Lipinski definition) is 6. The Morgan fingerprint density at radius 1 is 0.506 bits per heavy atom. The van der Waals surface area contributed by atoms with Crippen LogP contribution < -0.4 is 72.0 Å². The Labute approximate surface area is 481 Å². The van der Waals surface area contributed by atoms with Crippen molar-refractivity contribution in [3.8, 4) is 17.2 Å². The van der Waals surface area contributed by atoms with Gasteiger partial charge < -0.3 is 42.4 Å². The minimum absolute atomic E-state index is 0. The van der Waals surface area contributed by atoms with Crippen LogP contribution in [0.25, 0.3) is 10.8 Å².